The second-order valence-corrected chi connectivity index (χ2v) is 4.39. The summed E-state index contributed by atoms with van der Waals surface area (Å²) in [6, 6.07) is 0. The number of hydrogen-bond donors (Lipinski definition) is 2. The molecule has 2 rings (SSSR count). The van der Waals surface area contributed by atoms with Crippen molar-refractivity contribution in [3.63, 3.8) is 0 Å². The van der Waals surface area contributed by atoms with Gasteiger partial charge in [0.05, 0.1) is 17.8 Å². The van der Waals surface area contributed by atoms with Crippen LogP contribution in [0.3, 0.4) is 0 Å². The van der Waals surface area contributed by atoms with Gasteiger partial charge in [-0.3, -0.25) is 0 Å². The Kier molecular flexibility index (Phi) is 3.05. The fourth-order valence-electron chi connectivity index (χ4n) is 2.17. The van der Waals surface area contributed by atoms with Gasteiger partial charge in [-0.1, -0.05) is 12.8 Å². The van der Waals surface area contributed by atoms with Crippen molar-refractivity contribution in [3.05, 3.63) is 17.8 Å². The fourth-order valence-corrected chi connectivity index (χ4v) is 2.17. The number of aliphatic hydroxyl groups is 1. The Labute approximate surface area is 93.9 Å². The van der Waals surface area contributed by atoms with E-state index in [1.165, 1.54) is 6.33 Å². The molecule has 1 fully saturated rings. The van der Waals surface area contributed by atoms with E-state index in [0.717, 1.165) is 25.7 Å². The topological polar surface area (TPSA) is 58.0 Å². The van der Waals surface area contributed by atoms with Crippen molar-refractivity contribution in [1.82, 2.24) is 9.97 Å². The predicted molar refractivity (Wildman–Crippen MR) is 58.6 cm³/mol. The van der Waals surface area contributed by atoms with Crippen LogP contribution in [0.5, 0.6) is 0 Å². The van der Waals surface area contributed by atoms with Gasteiger partial charge in [-0.15, -0.1) is 0 Å². The molecule has 0 atom stereocenters. The Morgan fingerprint density at radius 3 is 2.75 bits per heavy atom. The maximum atomic E-state index is 13.7. The van der Waals surface area contributed by atoms with Crippen LogP contribution >= 0.6 is 0 Å². The van der Waals surface area contributed by atoms with E-state index in [1.807, 2.05) is 0 Å². The summed E-state index contributed by atoms with van der Waals surface area (Å²) >= 11 is 0. The zero-order valence-corrected chi connectivity index (χ0v) is 9.33. The molecule has 4 nitrogen and oxygen atoms in total. The first kappa shape index (κ1) is 11.3. The number of aromatic nitrogens is 2. The van der Waals surface area contributed by atoms with Crippen molar-refractivity contribution >= 4 is 5.82 Å². The van der Waals surface area contributed by atoms with Gasteiger partial charge in [-0.2, -0.15) is 0 Å². The molecule has 1 aliphatic rings. The van der Waals surface area contributed by atoms with Crippen LogP contribution in [-0.2, 0) is 0 Å². The van der Waals surface area contributed by atoms with Gasteiger partial charge in [-0.05, 0) is 19.8 Å². The normalized spacial score (nSPS) is 18.7. The first-order valence-electron chi connectivity index (χ1n) is 5.53. The highest BCUT2D eigenvalue weighted by Gasteiger charge is 2.34. The summed E-state index contributed by atoms with van der Waals surface area (Å²) in [5.41, 5.74) is -0.0784. The average molecular weight is 225 g/mol. The van der Waals surface area contributed by atoms with E-state index < -0.39 is 11.4 Å². The lowest BCUT2D eigenvalue weighted by atomic mass is 9.99. The summed E-state index contributed by atoms with van der Waals surface area (Å²) in [7, 11) is 0. The van der Waals surface area contributed by atoms with Crippen LogP contribution in [-0.4, -0.2) is 27.2 Å². The molecule has 0 saturated heterocycles. The molecule has 1 heterocycles. The lowest BCUT2D eigenvalue weighted by Crippen LogP contribution is -2.39. The zero-order valence-electron chi connectivity index (χ0n) is 9.33. The number of nitrogens with zero attached hydrogens (tertiary/aromatic N) is 2. The van der Waals surface area contributed by atoms with Gasteiger partial charge in [0.1, 0.15) is 6.33 Å². The molecule has 2 N–H and O–H groups in total. The number of rotatable bonds is 3. The Morgan fingerprint density at radius 2 is 2.12 bits per heavy atom. The maximum Gasteiger partial charge on any atom is 0.186 e. The van der Waals surface area contributed by atoms with Gasteiger partial charge in [0.15, 0.2) is 11.6 Å². The van der Waals surface area contributed by atoms with E-state index in [0.29, 0.717) is 5.69 Å². The minimum atomic E-state index is -0.428. The maximum absolute atomic E-state index is 13.7. The number of hydrogen-bond acceptors (Lipinski definition) is 4. The quantitative estimate of drug-likeness (QED) is 0.821. The third-order valence-electron chi connectivity index (χ3n) is 3.21. The minimum Gasteiger partial charge on any atom is -0.394 e. The highest BCUT2D eigenvalue weighted by atomic mass is 19.1. The van der Waals surface area contributed by atoms with Crippen LogP contribution in [0, 0.1) is 12.7 Å². The minimum absolute atomic E-state index is 0.00942. The monoisotopic (exact) mass is 225 g/mol. The van der Waals surface area contributed by atoms with Crippen LogP contribution in [0.4, 0.5) is 10.2 Å². The summed E-state index contributed by atoms with van der Waals surface area (Å²) in [6.45, 7) is 1.61. The molecule has 1 saturated carbocycles. The largest absolute Gasteiger partial charge is 0.394 e. The Morgan fingerprint density at radius 1 is 1.44 bits per heavy atom. The smallest absolute Gasteiger partial charge is 0.186 e. The van der Waals surface area contributed by atoms with Gasteiger partial charge in [0, 0.05) is 0 Å². The molecule has 0 amide bonds. The van der Waals surface area contributed by atoms with Crippen molar-refractivity contribution in [3.8, 4) is 0 Å². The zero-order chi connectivity index (χ0) is 11.6. The average Bonchev–Trinajstić information content (AvgIpc) is 2.74. The van der Waals surface area contributed by atoms with Crippen molar-refractivity contribution in [2.45, 2.75) is 38.1 Å². The molecule has 0 aromatic carbocycles. The molecule has 88 valence electrons. The molecule has 1 aromatic rings. The summed E-state index contributed by atoms with van der Waals surface area (Å²) in [5.74, 6) is -0.231. The van der Waals surface area contributed by atoms with Gasteiger partial charge in [0.25, 0.3) is 0 Å². The van der Waals surface area contributed by atoms with Crippen LogP contribution in [0.15, 0.2) is 6.33 Å². The SMILES string of the molecule is Cc1ncnc(NC2(CO)CCCC2)c1F. The van der Waals surface area contributed by atoms with Crippen molar-refractivity contribution in [2.75, 3.05) is 11.9 Å². The van der Waals surface area contributed by atoms with E-state index in [2.05, 4.69) is 15.3 Å². The third-order valence-corrected chi connectivity index (χ3v) is 3.21. The van der Waals surface area contributed by atoms with E-state index >= 15 is 0 Å². The summed E-state index contributed by atoms with van der Waals surface area (Å²) in [6.07, 6.45) is 5.15. The Balaban J connectivity index is 2.22. The Bertz CT molecular complexity index is 377. The summed E-state index contributed by atoms with van der Waals surface area (Å²) in [4.78, 5) is 7.66. The predicted octanol–water partition coefficient (Wildman–Crippen LogP) is 1.64. The molecule has 16 heavy (non-hydrogen) atoms. The number of halogens is 1. The molecule has 0 spiro atoms. The highest BCUT2D eigenvalue weighted by Crippen LogP contribution is 2.32. The van der Waals surface area contributed by atoms with E-state index in [1.54, 1.807) is 6.92 Å². The third kappa shape index (κ3) is 2.00. The van der Waals surface area contributed by atoms with Crippen LogP contribution < -0.4 is 5.32 Å². The second kappa shape index (κ2) is 4.33. The fraction of sp³-hybridized carbons (Fsp3) is 0.636. The number of aliphatic hydroxyl groups excluding tert-OH is 1. The molecule has 0 aliphatic heterocycles. The molecule has 5 heteroatoms. The van der Waals surface area contributed by atoms with Crippen molar-refractivity contribution in [1.29, 1.82) is 0 Å². The molecule has 0 unspecified atom stereocenters. The molecule has 1 aliphatic carbocycles. The van der Waals surface area contributed by atoms with Gasteiger partial charge >= 0.3 is 0 Å². The summed E-state index contributed by atoms with van der Waals surface area (Å²) in [5, 5.41) is 12.4. The molecule has 1 aromatic heterocycles. The molecule has 0 bridgehead atoms. The van der Waals surface area contributed by atoms with Gasteiger partial charge in [0.2, 0.25) is 0 Å². The van der Waals surface area contributed by atoms with Crippen LogP contribution in [0.1, 0.15) is 31.4 Å². The van der Waals surface area contributed by atoms with E-state index in [4.69, 9.17) is 0 Å². The molecular weight excluding hydrogens is 209 g/mol. The molecular formula is C11H16FN3O. The van der Waals surface area contributed by atoms with Crippen LogP contribution in [0.25, 0.3) is 0 Å². The standard InChI is InChI=1S/C11H16FN3O/c1-8-9(12)10(14-7-13-8)15-11(6-16)4-2-3-5-11/h7,16H,2-6H2,1H3,(H,13,14,15). The van der Waals surface area contributed by atoms with Crippen molar-refractivity contribution < 1.29 is 9.50 Å². The number of anilines is 1. The summed E-state index contributed by atoms with van der Waals surface area (Å²) < 4.78 is 13.7. The van der Waals surface area contributed by atoms with E-state index in [-0.39, 0.29) is 12.4 Å². The lowest BCUT2D eigenvalue weighted by molar-refractivity contribution is 0.213. The second-order valence-electron chi connectivity index (χ2n) is 4.39. The van der Waals surface area contributed by atoms with Gasteiger partial charge < -0.3 is 10.4 Å². The first-order chi connectivity index (χ1) is 7.67. The number of nitrogens with one attached hydrogen (secondary N) is 1. The molecule has 0 radical (unpaired) electrons. The lowest BCUT2D eigenvalue weighted by Gasteiger charge is -2.28. The van der Waals surface area contributed by atoms with Gasteiger partial charge in [-0.25, -0.2) is 14.4 Å². The van der Waals surface area contributed by atoms with Crippen molar-refractivity contribution in [2.24, 2.45) is 0 Å². The highest BCUT2D eigenvalue weighted by molar-refractivity contribution is 5.40. The number of aryl methyl sites for hydroxylation is 1. The Hall–Kier alpha value is -1.23. The van der Waals surface area contributed by atoms with E-state index in [9.17, 15) is 9.50 Å². The van der Waals surface area contributed by atoms with Crippen LogP contribution in [0.2, 0.25) is 0 Å². The first-order valence-corrected chi connectivity index (χ1v) is 5.53.